The molecule has 1 aromatic carbocycles. The molecule has 2 aliphatic rings. The highest BCUT2D eigenvalue weighted by atomic mass is 35.5. The topological polar surface area (TPSA) is 63.1 Å². The number of nitrogens with one attached hydrogen (secondary N) is 1. The van der Waals surface area contributed by atoms with Crippen LogP contribution in [0, 0.1) is 5.92 Å². The van der Waals surface area contributed by atoms with Crippen LogP contribution < -0.4 is 5.32 Å². The maximum absolute atomic E-state index is 12.6. The van der Waals surface area contributed by atoms with E-state index in [-0.39, 0.29) is 18.3 Å². The number of carbonyl (C=O) groups excluding carboxylic acids is 1. The van der Waals surface area contributed by atoms with Gasteiger partial charge in [-0.1, -0.05) is 18.2 Å². The van der Waals surface area contributed by atoms with Crippen LogP contribution >= 0.6 is 12.4 Å². The molecule has 7 heteroatoms. The predicted octanol–water partition coefficient (Wildman–Crippen LogP) is 1.51. The second kappa shape index (κ2) is 6.68. The summed E-state index contributed by atoms with van der Waals surface area (Å²) in [7, 11) is 0. The van der Waals surface area contributed by atoms with Gasteiger partial charge in [0.05, 0.1) is 11.9 Å². The van der Waals surface area contributed by atoms with Gasteiger partial charge in [0.2, 0.25) is 0 Å². The number of likely N-dealkylation sites (tertiary alicyclic amines) is 1. The third-order valence-electron chi connectivity index (χ3n) is 4.64. The summed E-state index contributed by atoms with van der Waals surface area (Å²) >= 11 is 0. The van der Waals surface area contributed by atoms with E-state index in [9.17, 15) is 4.79 Å². The second-order valence-electron chi connectivity index (χ2n) is 6.00. The van der Waals surface area contributed by atoms with Crippen molar-refractivity contribution in [1.29, 1.82) is 0 Å². The lowest BCUT2D eigenvalue weighted by molar-refractivity contribution is 0.0655. The van der Waals surface area contributed by atoms with Crippen LogP contribution in [0.15, 0.2) is 36.5 Å². The number of benzene rings is 1. The van der Waals surface area contributed by atoms with E-state index in [1.807, 2.05) is 35.2 Å². The van der Waals surface area contributed by atoms with Crippen LogP contribution in [-0.4, -0.2) is 51.5 Å². The van der Waals surface area contributed by atoms with Gasteiger partial charge in [0.15, 0.2) is 5.69 Å². The zero-order valence-corrected chi connectivity index (χ0v) is 13.6. The Morgan fingerprint density at radius 1 is 1.22 bits per heavy atom. The molecule has 2 fully saturated rings. The van der Waals surface area contributed by atoms with Crippen LogP contribution in [0.2, 0.25) is 0 Å². The molecule has 2 saturated heterocycles. The Morgan fingerprint density at radius 3 is 2.87 bits per heavy atom. The number of hydrogen-bond donors (Lipinski definition) is 1. The van der Waals surface area contributed by atoms with Crippen molar-refractivity contribution in [2.24, 2.45) is 5.92 Å². The molecule has 23 heavy (non-hydrogen) atoms. The second-order valence-corrected chi connectivity index (χ2v) is 6.00. The zero-order chi connectivity index (χ0) is 14.9. The molecule has 2 aliphatic heterocycles. The highest BCUT2D eigenvalue weighted by molar-refractivity contribution is 5.92. The number of aromatic nitrogens is 3. The first-order chi connectivity index (χ1) is 10.8. The molecule has 0 radical (unpaired) electrons. The molecule has 2 atom stereocenters. The first kappa shape index (κ1) is 16.0. The molecule has 2 aromatic rings. The highest BCUT2D eigenvalue weighted by Gasteiger charge is 2.35. The van der Waals surface area contributed by atoms with Gasteiger partial charge in [0.25, 0.3) is 5.91 Å². The van der Waals surface area contributed by atoms with Gasteiger partial charge in [-0.25, -0.2) is 0 Å². The maximum atomic E-state index is 12.6. The highest BCUT2D eigenvalue weighted by Crippen LogP contribution is 2.25. The lowest BCUT2D eigenvalue weighted by Crippen LogP contribution is -2.47. The van der Waals surface area contributed by atoms with E-state index in [0.717, 1.165) is 38.2 Å². The predicted molar refractivity (Wildman–Crippen MR) is 89.0 cm³/mol. The van der Waals surface area contributed by atoms with Crippen LogP contribution in [0.1, 0.15) is 23.3 Å². The van der Waals surface area contributed by atoms with Gasteiger partial charge in [0, 0.05) is 19.1 Å². The fourth-order valence-electron chi connectivity index (χ4n) is 3.44. The van der Waals surface area contributed by atoms with Crippen molar-refractivity contribution in [3.05, 3.63) is 42.2 Å². The molecule has 6 nitrogen and oxygen atoms in total. The van der Waals surface area contributed by atoms with E-state index in [4.69, 9.17) is 0 Å². The summed E-state index contributed by atoms with van der Waals surface area (Å²) in [6.45, 7) is 2.70. The van der Waals surface area contributed by atoms with Gasteiger partial charge in [-0.05, 0) is 37.4 Å². The van der Waals surface area contributed by atoms with Crippen LogP contribution in [0.4, 0.5) is 0 Å². The first-order valence-electron chi connectivity index (χ1n) is 7.82. The summed E-state index contributed by atoms with van der Waals surface area (Å²) < 4.78 is 0. The number of halogens is 1. The molecular formula is C16H20ClN5O. The van der Waals surface area contributed by atoms with Crippen LogP contribution in [-0.2, 0) is 0 Å². The largest absolute Gasteiger partial charge is 0.337 e. The van der Waals surface area contributed by atoms with Crippen molar-refractivity contribution in [1.82, 2.24) is 25.2 Å². The summed E-state index contributed by atoms with van der Waals surface area (Å²) in [6.07, 6.45) is 3.75. The molecule has 1 aromatic heterocycles. The van der Waals surface area contributed by atoms with Gasteiger partial charge >= 0.3 is 0 Å². The van der Waals surface area contributed by atoms with Crippen molar-refractivity contribution >= 4 is 18.3 Å². The van der Waals surface area contributed by atoms with E-state index in [1.54, 1.807) is 6.20 Å². The minimum absolute atomic E-state index is 0. The van der Waals surface area contributed by atoms with Gasteiger partial charge in [-0.15, -0.1) is 17.5 Å². The third kappa shape index (κ3) is 3.09. The van der Waals surface area contributed by atoms with Crippen LogP contribution in [0.3, 0.4) is 0 Å². The molecule has 2 unspecified atom stereocenters. The molecule has 0 aliphatic carbocycles. The molecule has 3 heterocycles. The molecule has 0 bridgehead atoms. The third-order valence-corrected chi connectivity index (χ3v) is 4.64. The van der Waals surface area contributed by atoms with Crippen molar-refractivity contribution in [3.8, 4) is 5.69 Å². The number of rotatable bonds is 2. The summed E-state index contributed by atoms with van der Waals surface area (Å²) in [5.74, 6) is 0.578. The Hall–Kier alpha value is -1.92. The Labute approximate surface area is 141 Å². The molecule has 122 valence electrons. The Morgan fingerprint density at radius 2 is 2.04 bits per heavy atom. The average Bonchev–Trinajstić information content (AvgIpc) is 3.23. The number of piperidine rings is 1. The number of nitrogens with zero attached hydrogens (tertiary/aromatic N) is 4. The van der Waals surface area contributed by atoms with Crippen molar-refractivity contribution in [2.45, 2.75) is 18.9 Å². The maximum Gasteiger partial charge on any atom is 0.276 e. The molecule has 0 spiro atoms. The quantitative estimate of drug-likeness (QED) is 0.905. The van der Waals surface area contributed by atoms with Gasteiger partial charge in [-0.2, -0.15) is 9.90 Å². The summed E-state index contributed by atoms with van der Waals surface area (Å²) in [5.41, 5.74) is 1.29. The van der Waals surface area contributed by atoms with E-state index in [1.165, 1.54) is 4.80 Å². The van der Waals surface area contributed by atoms with E-state index in [2.05, 4.69) is 15.5 Å². The molecular weight excluding hydrogens is 314 g/mol. The van der Waals surface area contributed by atoms with E-state index >= 15 is 0 Å². The first-order valence-corrected chi connectivity index (χ1v) is 7.82. The smallest absolute Gasteiger partial charge is 0.276 e. The molecule has 1 amide bonds. The normalized spacial score (nSPS) is 23.2. The fraction of sp³-hybridized carbons (Fsp3) is 0.438. The monoisotopic (exact) mass is 333 g/mol. The van der Waals surface area contributed by atoms with E-state index < -0.39 is 0 Å². The summed E-state index contributed by atoms with van der Waals surface area (Å²) in [6, 6.07) is 10.2. The van der Waals surface area contributed by atoms with Gasteiger partial charge in [0.1, 0.15) is 0 Å². The number of hydrogen-bond acceptors (Lipinski definition) is 4. The fourth-order valence-corrected chi connectivity index (χ4v) is 3.44. The number of para-hydroxylation sites is 1. The van der Waals surface area contributed by atoms with Crippen molar-refractivity contribution in [2.75, 3.05) is 19.6 Å². The number of amides is 1. The SMILES string of the molecule is Cl.O=C(c1cnn(-c2ccccc2)n1)N1CCC2NCCC2C1. The molecule has 1 N–H and O–H groups in total. The lowest BCUT2D eigenvalue weighted by atomic mass is 9.93. The van der Waals surface area contributed by atoms with Crippen LogP contribution in [0.25, 0.3) is 5.69 Å². The number of fused-ring (bicyclic) bond motifs is 1. The summed E-state index contributed by atoms with van der Waals surface area (Å²) in [4.78, 5) is 16.1. The number of carbonyl (C=O) groups is 1. The molecule has 4 rings (SSSR count). The molecule has 0 saturated carbocycles. The standard InChI is InChI=1S/C16H19N5O.ClH/c22-16(20-9-7-14-12(11-20)6-8-17-14)15-10-18-21(19-15)13-4-2-1-3-5-13;/h1-5,10,12,14,17H,6-9,11H2;1H. The Balaban J connectivity index is 0.00000156. The minimum atomic E-state index is -0.00692. The lowest BCUT2D eigenvalue weighted by Gasteiger charge is -2.34. The Kier molecular flexibility index (Phi) is 4.63. The van der Waals surface area contributed by atoms with Gasteiger partial charge in [-0.3, -0.25) is 4.79 Å². The zero-order valence-electron chi connectivity index (χ0n) is 12.8. The Bertz CT molecular complexity index is 674. The van der Waals surface area contributed by atoms with Crippen LogP contribution in [0.5, 0.6) is 0 Å². The van der Waals surface area contributed by atoms with E-state index in [0.29, 0.717) is 17.7 Å². The van der Waals surface area contributed by atoms with Crippen molar-refractivity contribution < 1.29 is 4.79 Å². The average molecular weight is 334 g/mol. The summed E-state index contributed by atoms with van der Waals surface area (Å²) in [5, 5.41) is 12.1. The van der Waals surface area contributed by atoms with Crippen molar-refractivity contribution in [3.63, 3.8) is 0 Å². The van der Waals surface area contributed by atoms with Gasteiger partial charge < -0.3 is 10.2 Å². The minimum Gasteiger partial charge on any atom is -0.337 e.